The first-order valence-corrected chi connectivity index (χ1v) is 8.28. The Labute approximate surface area is 139 Å². The summed E-state index contributed by atoms with van der Waals surface area (Å²) in [5.74, 6) is -0.891. The van der Waals surface area contributed by atoms with Crippen LogP contribution in [-0.2, 0) is 10.0 Å². The molecular formula is C16H16FNO5S. The van der Waals surface area contributed by atoms with Gasteiger partial charge in [-0.2, -0.15) is 0 Å². The fraction of sp³-hybridized carbons (Fsp3) is 0.188. The summed E-state index contributed by atoms with van der Waals surface area (Å²) in [5, 5.41) is 0. The summed E-state index contributed by atoms with van der Waals surface area (Å²) in [4.78, 5) is 11.6. The molecule has 0 heterocycles. The Morgan fingerprint density at radius 1 is 1.04 bits per heavy atom. The lowest BCUT2D eigenvalue weighted by Gasteiger charge is -2.13. The van der Waals surface area contributed by atoms with E-state index >= 15 is 0 Å². The molecule has 2 aromatic rings. The van der Waals surface area contributed by atoms with E-state index in [4.69, 9.17) is 9.47 Å². The Morgan fingerprint density at radius 3 is 2.17 bits per heavy atom. The number of carbonyl (C=O) groups is 1. The van der Waals surface area contributed by atoms with Crippen molar-refractivity contribution in [1.82, 2.24) is 4.31 Å². The van der Waals surface area contributed by atoms with Crippen LogP contribution in [-0.4, -0.2) is 39.9 Å². The van der Waals surface area contributed by atoms with Crippen molar-refractivity contribution in [2.45, 2.75) is 4.90 Å². The van der Waals surface area contributed by atoms with Crippen LogP contribution in [0.5, 0.6) is 11.5 Å². The summed E-state index contributed by atoms with van der Waals surface area (Å²) >= 11 is 0. The highest BCUT2D eigenvalue weighted by atomic mass is 32.2. The molecule has 2 rings (SSSR count). The summed E-state index contributed by atoms with van der Waals surface area (Å²) in [6.07, 6.45) is 0. The minimum Gasteiger partial charge on any atom is -0.497 e. The van der Waals surface area contributed by atoms with Crippen LogP contribution in [0.25, 0.3) is 0 Å². The molecule has 2 aromatic carbocycles. The van der Waals surface area contributed by atoms with Gasteiger partial charge in [-0.1, -0.05) is 0 Å². The van der Waals surface area contributed by atoms with E-state index in [2.05, 4.69) is 0 Å². The number of nitrogens with zero attached hydrogens (tertiary/aromatic N) is 1. The lowest BCUT2D eigenvalue weighted by atomic mass is 10.2. The van der Waals surface area contributed by atoms with Gasteiger partial charge in [-0.15, -0.1) is 0 Å². The van der Waals surface area contributed by atoms with Gasteiger partial charge in [0.2, 0.25) is 10.0 Å². The molecule has 0 radical (unpaired) electrons. The number of ether oxygens (including phenoxy) is 2. The summed E-state index contributed by atoms with van der Waals surface area (Å²) in [6, 6.07) is 9.30. The van der Waals surface area contributed by atoms with Crippen molar-refractivity contribution in [2.75, 3.05) is 21.2 Å². The largest absolute Gasteiger partial charge is 0.497 e. The van der Waals surface area contributed by atoms with Crippen LogP contribution < -0.4 is 9.47 Å². The topological polar surface area (TPSA) is 72.9 Å². The minimum absolute atomic E-state index is 0.0763. The number of rotatable bonds is 5. The average Bonchev–Trinajstić information content (AvgIpc) is 2.55. The van der Waals surface area contributed by atoms with Crippen LogP contribution in [0.2, 0.25) is 0 Å². The number of sulfonamides is 1. The van der Waals surface area contributed by atoms with Gasteiger partial charge >= 0.3 is 5.97 Å². The van der Waals surface area contributed by atoms with Crippen LogP contribution in [0.15, 0.2) is 47.4 Å². The second kappa shape index (κ2) is 6.98. The third kappa shape index (κ3) is 3.72. The van der Waals surface area contributed by atoms with Gasteiger partial charge in [0.05, 0.1) is 12.7 Å². The highest BCUT2D eigenvalue weighted by Gasteiger charge is 2.24. The van der Waals surface area contributed by atoms with Crippen LogP contribution in [0.1, 0.15) is 10.4 Å². The summed E-state index contributed by atoms with van der Waals surface area (Å²) < 4.78 is 49.0. The van der Waals surface area contributed by atoms with Crippen molar-refractivity contribution >= 4 is 16.0 Å². The minimum atomic E-state index is -4.01. The van der Waals surface area contributed by atoms with Crippen LogP contribution >= 0.6 is 0 Å². The van der Waals surface area contributed by atoms with Crippen LogP contribution in [0, 0.1) is 5.82 Å². The van der Waals surface area contributed by atoms with E-state index in [1.54, 1.807) is 12.1 Å². The first kappa shape index (κ1) is 17.9. The quantitative estimate of drug-likeness (QED) is 0.609. The second-order valence-electron chi connectivity index (χ2n) is 5.00. The lowest BCUT2D eigenvalue weighted by molar-refractivity contribution is 0.0734. The molecule has 0 unspecified atom stereocenters. The molecule has 128 valence electrons. The van der Waals surface area contributed by atoms with E-state index in [9.17, 15) is 17.6 Å². The Balaban J connectivity index is 2.30. The zero-order valence-corrected chi connectivity index (χ0v) is 14.1. The maximum absolute atomic E-state index is 13.8. The first-order valence-electron chi connectivity index (χ1n) is 6.84. The van der Waals surface area contributed by atoms with E-state index in [0.29, 0.717) is 5.75 Å². The maximum atomic E-state index is 13.8. The molecule has 0 spiro atoms. The molecular weight excluding hydrogens is 337 g/mol. The van der Waals surface area contributed by atoms with E-state index in [-0.39, 0.29) is 11.3 Å². The predicted octanol–water partition coefficient (Wildman–Crippen LogP) is 2.30. The molecule has 0 N–H and O–H groups in total. The number of carbonyl (C=O) groups excluding carboxylic acids is 1. The van der Waals surface area contributed by atoms with E-state index in [1.165, 1.54) is 33.3 Å². The number of hydrogen-bond acceptors (Lipinski definition) is 5. The standard InChI is InChI=1S/C16H16FNO5S/c1-18(2)24(20,21)15-10-11(4-9-14(15)17)16(19)23-13-7-5-12(22-3)6-8-13/h4-10H,1-3H3. The molecule has 24 heavy (non-hydrogen) atoms. The van der Waals surface area contributed by atoms with Crippen molar-refractivity contribution in [3.63, 3.8) is 0 Å². The molecule has 6 nitrogen and oxygen atoms in total. The van der Waals surface area contributed by atoms with Gasteiger partial charge in [0.1, 0.15) is 22.2 Å². The van der Waals surface area contributed by atoms with Crippen LogP contribution in [0.3, 0.4) is 0 Å². The summed E-state index contributed by atoms with van der Waals surface area (Å²) in [5.41, 5.74) is -0.0763. The lowest BCUT2D eigenvalue weighted by Crippen LogP contribution is -2.23. The zero-order valence-electron chi connectivity index (χ0n) is 13.3. The normalized spacial score (nSPS) is 11.4. The van der Waals surface area contributed by atoms with Gasteiger partial charge < -0.3 is 9.47 Å². The van der Waals surface area contributed by atoms with Gasteiger partial charge in [0.15, 0.2) is 0 Å². The Morgan fingerprint density at radius 2 is 1.62 bits per heavy atom. The molecule has 0 fully saturated rings. The van der Waals surface area contributed by atoms with Crippen molar-refractivity contribution in [1.29, 1.82) is 0 Å². The van der Waals surface area contributed by atoms with Gasteiger partial charge in [0.25, 0.3) is 0 Å². The van der Waals surface area contributed by atoms with E-state index < -0.39 is 26.7 Å². The van der Waals surface area contributed by atoms with Crippen LogP contribution in [0.4, 0.5) is 4.39 Å². The van der Waals surface area contributed by atoms with Crippen molar-refractivity contribution in [3.8, 4) is 11.5 Å². The van der Waals surface area contributed by atoms with Crippen molar-refractivity contribution in [2.24, 2.45) is 0 Å². The zero-order chi connectivity index (χ0) is 17.9. The summed E-state index contributed by atoms with van der Waals surface area (Å²) in [6.45, 7) is 0. The molecule has 0 aliphatic heterocycles. The second-order valence-corrected chi connectivity index (χ2v) is 7.12. The Hall–Kier alpha value is -2.45. The summed E-state index contributed by atoms with van der Waals surface area (Å²) in [7, 11) is 0.0446. The number of methoxy groups -OCH3 is 1. The fourth-order valence-electron chi connectivity index (χ4n) is 1.83. The van der Waals surface area contributed by atoms with Gasteiger partial charge in [0, 0.05) is 14.1 Å². The fourth-order valence-corrected chi connectivity index (χ4v) is 2.82. The Bertz CT molecular complexity index is 847. The average molecular weight is 353 g/mol. The molecule has 0 saturated heterocycles. The monoisotopic (exact) mass is 353 g/mol. The molecule has 8 heteroatoms. The Kier molecular flexibility index (Phi) is 5.20. The highest BCUT2D eigenvalue weighted by molar-refractivity contribution is 7.89. The van der Waals surface area contributed by atoms with Crippen molar-refractivity contribution in [3.05, 3.63) is 53.8 Å². The third-order valence-electron chi connectivity index (χ3n) is 3.20. The first-order chi connectivity index (χ1) is 11.3. The number of halogens is 1. The number of benzene rings is 2. The SMILES string of the molecule is COc1ccc(OC(=O)c2ccc(F)c(S(=O)(=O)N(C)C)c2)cc1. The molecule has 0 aromatic heterocycles. The number of esters is 1. The molecule has 0 saturated carbocycles. The molecule has 0 aliphatic rings. The molecule has 0 amide bonds. The van der Waals surface area contributed by atoms with E-state index in [1.807, 2.05) is 0 Å². The molecule has 0 aliphatic carbocycles. The van der Waals surface area contributed by atoms with Gasteiger partial charge in [-0.05, 0) is 42.5 Å². The maximum Gasteiger partial charge on any atom is 0.343 e. The van der Waals surface area contributed by atoms with Gasteiger partial charge in [-0.25, -0.2) is 21.9 Å². The highest BCUT2D eigenvalue weighted by Crippen LogP contribution is 2.22. The van der Waals surface area contributed by atoms with Crippen molar-refractivity contribution < 1.29 is 27.1 Å². The van der Waals surface area contributed by atoms with E-state index in [0.717, 1.165) is 22.5 Å². The third-order valence-corrected chi connectivity index (χ3v) is 5.03. The smallest absolute Gasteiger partial charge is 0.343 e. The number of hydrogen-bond donors (Lipinski definition) is 0. The molecule has 0 bridgehead atoms. The molecule has 0 atom stereocenters. The van der Waals surface area contributed by atoms with Gasteiger partial charge in [-0.3, -0.25) is 0 Å². The predicted molar refractivity (Wildman–Crippen MR) is 85.2 cm³/mol.